The number of nitrogens with zero attached hydrogens (tertiary/aromatic N) is 3. The van der Waals surface area contributed by atoms with Gasteiger partial charge in [0.25, 0.3) is 5.91 Å². The van der Waals surface area contributed by atoms with Crippen LogP contribution in [0.2, 0.25) is 0 Å². The summed E-state index contributed by atoms with van der Waals surface area (Å²) < 4.78 is 0. The van der Waals surface area contributed by atoms with Gasteiger partial charge in [0.15, 0.2) is 0 Å². The summed E-state index contributed by atoms with van der Waals surface area (Å²) in [6, 6.07) is 3.31. The summed E-state index contributed by atoms with van der Waals surface area (Å²) in [7, 11) is 3.35. The first kappa shape index (κ1) is 16.1. The molecule has 0 aromatic carbocycles. The van der Waals surface area contributed by atoms with Crippen LogP contribution >= 0.6 is 0 Å². The van der Waals surface area contributed by atoms with Gasteiger partial charge in [0, 0.05) is 38.9 Å². The highest BCUT2D eigenvalue weighted by Crippen LogP contribution is 2.07. The van der Waals surface area contributed by atoms with Crippen LogP contribution in [0.15, 0.2) is 18.3 Å². The highest BCUT2D eigenvalue weighted by molar-refractivity contribution is 5.96. The fourth-order valence-electron chi connectivity index (χ4n) is 1.73. The molecule has 6 nitrogen and oxygen atoms in total. The summed E-state index contributed by atoms with van der Waals surface area (Å²) in [6.45, 7) is 2.88. The molecule has 20 heavy (non-hydrogen) atoms. The van der Waals surface area contributed by atoms with E-state index in [2.05, 4.69) is 4.98 Å². The molecule has 1 rings (SSSR count). The Kier molecular flexibility index (Phi) is 6.11. The number of carbonyl (C=O) groups excluding carboxylic acids is 2. The maximum atomic E-state index is 12.4. The van der Waals surface area contributed by atoms with Crippen molar-refractivity contribution in [2.45, 2.75) is 19.9 Å². The zero-order chi connectivity index (χ0) is 15.1. The van der Waals surface area contributed by atoms with E-state index in [0.29, 0.717) is 17.8 Å². The second-order valence-corrected chi connectivity index (χ2v) is 4.75. The minimum absolute atomic E-state index is 0.0833. The van der Waals surface area contributed by atoms with E-state index in [1.54, 1.807) is 37.3 Å². The highest BCUT2D eigenvalue weighted by atomic mass is 16.2. The molecule has 6 heteroatoms. The van der Waals surface area contributed by atoms with Crippen molar-refractivity contribution in [3.8, 4) is 0 Å². The van der Waals surface area contributed by atoms with Gasteiger partial charge in [-0.1, -0.05) is 6.92 Å². The number of likely N-dealkylation sites (N-methyl/N-ethyl adjacent to an activating group) is 1. The molecule has 0 saturated heterocycles. The van der Waals surface area contributed by atoms with E-state index < -0.39 is 0 Å². The van der Waals surface area contributed by atoms with Gasteiger partial charge >= 0.3 is 0 Å². The first-order chi connectivity index (χ1) is 9.49. The fourth-order valence-corrected chi connectivity index (χ4v) is 1.73. The third-order valence-corrected chi connectivity index (χ3v) is 2.88. The minimum atomic E-state index is -0.167. The van der Waals surface area contributed by atoms with Crippen LogP contribution in [0, 0.1) is 0 Å². The van der Waals surface area contributed by atoms with E-state index in [4.69, 9.17) is 5.73 Å². The van der Waals surface area contributed by atoms with Crippen molar-refractivity contribution < 1.29 is 9.59 Å². The van der Waals surface area contributed by atoms with Gasteiger partial charge in [0.1, 0.15) is 6.54 Å². The van der Waals surface area contributed by atoms with Crippen molar-refractivity contribution in [2.75, 3.05) is 27.2 Å². The SMILES string of the molecule is CCCN(CC(=O)N(C)C)C(=O)c1ccnc(CN)c1. The number of aromatic nitrogens is 1. The second-order valence-electron chi connectivity index (χ2n) is 4.75. The van der Waals surface area contributed by atoms with E-state index in [-0.39, 0.29) is 24.9 Å². The van der Waals surface area contributed by atoms with Crippen LogP contribution in [0.25, 0.3) is 0 Å². The maximum Gasteiger partial charge on any atom is 0.254 e. The first-order valence-corrected chi connectivity index (χ1v) is 6.64. The second kappa shape index (κ2) is 7.59. The van der Waals surface area contributed by atoms with Gasteiger partial charge in [-0.2, -0.15) is 0 Å². The Bertz CT molecular complexity index is 474. The van der Waals surface area contributed by atoms with E-state index in [0.717, 1.165) is 6.42 Å². The van der Waals surface area contributed by atoms with Crippen LogP contribution in [-0.4, -0.2) is 53.8 Å². The third kappa shape index (κ3) is 4.31. The fraction of sp³-hybridized carbons (Fsp3) is 0.500. The molecule has 2 amide bonds. The molecule has 0 bridgehead atoms. The Balaban J connectivity index is 2.89. The van der Waals surface area contributed by atoms with Crippen molar-refractivity contribution in [3.63, 3.8) is 0 Å². The van der Waals surface area contributed by atoms with Crippen molar-refractivity contribution in [1.29, 1.82) is 0 Å². The molecule has 0 aliphatic carbocycles. The minimum Gasteiger partial charge on any atom is -0.347 e. The Morgan fingerprint density at radius 2 is 2.05 bits per heavy atom. The third-order valence-electron chi connectivity index (χ3n) is 2.88. The number of hydrogen-bond acceptors (Lipinski definition) is 4. The predicted molar refractivity (Wildman–Crippen MR) is 77.0 cm³/mol. The van der Waals surface area contributed by atoms with Crippen molar-refractivity contribution in [1.82, 2.24) is 14.8 Å². The average Bonchev–Trinajstić information content (AvgIpc) is 2.45. The molecule has 2 N–H and O–H groups in total. The van der Waals surface area contributed by atoms with Gasteiger partial charge < -0.3 is 15.5 Å². The molecule has 0 radical (unpaired) electrons. The van der Waals surface area contributed by atoms with Crippen molar-refractivity contribution in [2.24, 2.45) is 5.73 Å². The molecule has 0 unspecified atom stereocenters. The lowest BCUT2D eigenvalue weighted by molar-refractivity contribution is -0.129. The lowest BCUT2D eigenvalue weighted by Crippen LogP contribution is -2.40. The van der Waals surface area contributed by atoms with Gasteiger partial charge in [0.2, 0.25) is 5.91 Å². The topological polar surface area (TPSA) is 79.5 Å². The summed E-state index contributed by atoms with van der Waals surface area (Å²) in [5.41, 5.74) is 6.70. The van der Waals surface area contributed by atoms with Gasteiger partial charge in [-0.05, 0) is 18.6 Å². The molecule has 1 aromatic rings. The molecule has 110 valence electrons. The summed E-state index contributed by atoms with van der Waals surface area (Å²) >= 11 is 0. The summed E-state index contributed by atoms with van der Waals surface area (Å²) in [5.74, 6) is -0.265. The van der Waals surface area contributed by atoms with Gasteiger partial charge in [-0.25, -0.2) is 0 Å². The van der Waals surface area contributed by atoms with Gasteiger partial charge in [-0.15, -0.1) is 0 Å². The van der Waals surface area contributed by atoms with Crippen molar-refractivity contribution >= 4 is 11.8 Å². The molecule has 0 saturated carbocycles. The number of amides is 2. The van der Waals surface area contributed by atoms with Crippen LogP contribution in [0.5, 0.6) is 0 Å². The Morgan fingerprint density at radius 3 is 2.60 bits per heavy atom. The standard InChI is InChI=1S/C14H22N4O2/c1-4-7-18(10-13(19)17(2)3)14(20)11-5-6-16-12(8-11)9-15/h5-6,8H,4,7,9-10,15H2,1-3H3. The maximum absolute atomic E-state index is 12.4. The lowest BCUT2D eigenvalue weighted by Gasteiger charge is -2.23. The summed E-state index contributed by atoms with van der Waals surface area (Å²) in [6.07, 6.45) is 2.36. The number of rotatable bonds is 6. The van der Waals surface area contributed by atoms with Crippen LogP contribution in [0.1, 0.15) is 29.4 Å². The molecule has 0 aliphatic heterocycles. The van der Waals surface area contributed by atoms with Gasteiger partial charge in [0.05, 0.1) is 5.69 Å². The quantitative estimate of drug-likeness (QED) is 0.821. The normalized spacial score (nSPS) is 10.2. The number of carbonyl (C=O) groups is 2. The van der Waals surface area contributed by atoms with Crippen LogP contribution in [-0.2, 0) is 11.3 Å². The smallest absolute Gasteiger partial charge is 0.254 e. The zero-order valence-corrected chi connectivity index (χ0v) is 12.3. The molecular formula is C14H22N4O2. The van der Waals surface area contributed by atoms with Crippen LogP contribution in [0.3, 0.4) is 0 Å². The lowest BCUT2D eigenvalue weighted by atomic mass is 10.2. The Labute approximate surface area is 119 Å². The summed E-state index contributed by atoms with van der Waals surface area (Å²) in [4.78, 5) is 31.3. The molecule has 1 aromatic heterocycles. The van der Waals surface area contributed by atoms with E-state index in [9.17, 15) is 9.59 Å². The Morgan fingerprint density at radius 1 is 1.35 bits per heavy atom. The van der Waals surface area contributed by atoms with Crippen LogP contribution in [0.4, 0.5) is 0 Å². The van der Waals surface area contributed by atoms with E-state index >= 15 is 0 Å². The number of nitrogens with two attached hydrogens (primary N) is 1. The zero-order valence-electron chi connectivity index (χ0n) is 12.3. The largest absolute Gasteiger partial charge is 0.347 e. The monoisotopic (exact) mass is 278 g/mol. The molecule has 0 atom stereocenters. The molecule has 0 fully saturated rings. The Hall–Kier alpha value is -1.95. The molecular weight excluding hydrogens is 256 g/mol. The summed E-state index contributed by atoms with van der Waals surface area (Å²) in [5, 5.41) is 0. The first-order valence-electron chi connectivity index (χ1n) is 6.64. The molecule has 0 spiro atoms. The average molecular weight is 278 g/mol. The highest BCUT2D eigenvalue weighted by Gasteiger charge is 2.19. The number of pyridine rings is 1. The number of hydrogen-bond donors (Lipinski definition) is 1. The van der Waals surface area contributed by atoms with Crippen molar-refractivity contribution in [3.05, 3.63) is 29.6 Å². The van der Waals surface area contributed by atoms with Crippen LogP contribution < -0.4 is 5.73 Å². The van der Waals surface area contributed by atoms with Gasteiger partial charge in [-0.3, -0.25) is 14.6 Å². The molecule has 0 aliphatic rings. The predicted octanol–water partition coefficient (Wildman–Crippen LogP) is 0.481. The van der Waals surface area contributed by atoms with E-state index in [1.807, 2.05) is 6.92 Å². The molecule has 1 heterocycles. The van der Waals surface area contributed by atoms with E-state index in [1.165, 1.54) is 4.90 Å².